The second-order valence-corrected chi connectivity index (χ2v) is 8.47. The van der Waals surface area contributed by atoms with Gasteiger partial charge in [0.1, 0.15) is 11.5 Å². The molecule has 0 bridgehead atoms. The number of nitrogens with zero attached hydrogens (tertiary/aromatic N) is 3. The molecule has 1 aliphatic heterocycles. The van der Waals surface area contributed by atoms with E-state index in [1.165, 1.54) is 23.4 Å². The number of carbonyl (C=O) groups excluding carboxylic acids is 1. The first-order valence-electron chi connectivity index (χ1n) is 11.4. The molecule has 1 amide bonds. The minimum atomic E-state index is -0.447. The van der Waals surface area contributed by atoms with E-state index in [1.807, 2.05) is 6.07 Å². The van der Waals surface area contributed by atoms with Crippen molar-refractivity contribution in [3.63, 3.8) is 0 Å². The summed E-state index contributed by atoms with van der Waals surface area (Å²) in [5, 5.41) is 0. The van der Waals surface area contributed by atoms with Crippen LogP contribution in [0.5, 0.6) is 0 Å². The Bertz CT molecular complexity index is 1410. The van der Waals surface area contributed by atoms with Crippen molar-refractivity contribution in [2.75, 3.05) is 11.4 Å². The zero-order valence-corrected chi connectivity index (χ0v) is 18.7. The molecule has 5 rings (SSSR count). The molecule has 170 valence electrons. The molecular formula is C25H26FN5O2. The van der Waals surface area contributed by atoms with Crippen LogP contribution in [0.1, 0.15) is 48.4 Å². The average Bonchev–Trinajstić information content (AvgIpc) is 3.34. The Hall–Kier alpha value is -3.68. The van der Waals surface area contributed by atoms with Crippen LogP contribution in [0.15, 0.2) is 41.3 Å². The van der Waals surface area contributed by atoms with Gasteiger partial charge in [0.25, 0.3) is 5.91 Å². The minimum Gasteiger partial charge on any atom is -0.339 e. The van der Waals surface area contributed by atoms with E-state index in [1.54, 1.807) is 23.2 Å². The van der Waals surface area contributed by atoms with Crippen LogP contribution in [0.3, 0.4) is 0 Å². The number of carbonyl (C=O) groups is 1. The van der Waals surface area contributed by atoms with Crippen molar-refractivity contribution in [2.24, 2.45) is 0 Å². The van der Waals surface area contributed by atoms with Crippen LogP contribution < -0.4 is 10.6 Å². The maximum atomic E-state index is 14.7. The summed E-state index contributed by atoms with van der Waals surface area (Å²) >= 11 is 0. The second kappa shape index (κ2) is 8.35. The Morgan fingerprint density at radius 2 is 1.85 bits per heavy atom. The standard InChI is InChI=1S/C25H26FN5O2/c1-3-5-15-13-21-24(32)30(9-10-31(21)20(15)6-4-2)18-12-16(11-17(26)14-18)19-7-8-27-23-22(19)28-25(33)29-23/h7-8,11-14H,3-6,9-10H2,1-2H3,(H2,27,28,29,33). The van der Waals surface area contributed by atoms with Crippen LogP contribution in [0.25, 0.3) is 22.3 Å². The van der Waals surface area contributed by atoms with E-state index in [0.29, 0.717) is 46.8 Å². The van der Waals surface area contributed by atoms with Gasteiger partial charge in [0.05, 0.1) is 5.52 Å². The summed E-state index contributed by atoms with van der Waals surface area (Å²) in [7, 11) is 0. The summed E-state index contributed by atoms with van der Waals surface area (Å²) in [6.45, 7) is 5.44. The number of anilines is 1. The number of halogens is 1. The Morgan fingerprint density at radius 3 is 2.64 bits per heavy atom. The normalized spacial score (nSPS) is 13.7. The first-order chi connectivity index (χ1) is 16.0. The molecule has 0 radical (unpaired) electrons. The van der Waals surface area contributed by atoms with Crippen molar-refractivity contribution >= 4 is 22.8 Å². The van der Waals surface area contributed by atoms with Gasteiger partial charge in [0.15, 0.2) is 5.65 Å². The monoisotopic (exact) mass is 447 g/mol. The fourth-order valence-electron chi connectivity index (χ4n) is 4.84. The third-order valence-corrected chi connectivity index (χ3v) is 6.24. The molecule has 4 heterocycles. The van der Waals surface area contributed by atoms with E-state index in [0.717, 1.165) is 25.7 Å². The highest BCUT2D eigenvalue weighted by Crippen LogP contribution is 2.32. The van der Waals surface area contributed by atoms with Crippen molar-refractivity contribution in [1.29, 1.82) is 0 Å². The highest BCUT2D eigenvalue weighted by molar-refractivity contribution is 6.06. The van der Waals surface area contributed by atoms with Gasteiger partial charge in [-0.15, -0.1) is 0 Å². The number of hydrogen-bond donors (Lipinski definition) is 2. The zero-order chi connectivity index (χ0) is 23.1. The van der Waals surface area contributed by atoms with Gasteiger partial charge in [0, 0.05) is 36.2 Å². The largest absolute Gasteiger partial charge is 0.339 e. The fraction of sp³-hybridized carbons (Fsp3) is 0.320. The van der Waals surface area contributed by atoms with Crippen molar-refractivity contribution < 1.29 is 9.18 Å². The van der Waals surface area contributed by atoms with Crippen LogP contribution in [0.4, 0.5) is 10.1 Å². The van der Waals surface area contributed by atoms with E-state index in [4.69, 9.17) is 0 Å². The lowest BCUT2D eigenvalue weighted by Gasteiger charge is -2.30. The number of hydrogen-bond acceptors (Lipinski definition) is 3. The maximum Gasteiger partial charge on any atom is 0.325 e. The van der Waals surface area contributed by atoms with E-state index in [2.05, 4.69) is 33.4 Å². The molecular weight excluding hydrogens is 421 g/mol. The number of H-pyrrole nitrogens is 2. The molecule has 1 aromatic carbocycles. The molecule has 1 aliphatic rings. The smallest absolute Gasteiger partial charge is 0.325 e. The van der Waals surface area contributed by atoms with E-state index in [9.17, 15) is 14.0 Å². The highest BCUT2D eigenvalue weighted by atomic mass is 19.1. The van der Waals surface area contributed by atoms with Crippen molar-refractivity contribution in [3.05, 3.63) is 69.8 Å². The predicted octanol–water partition coefficient (Wildman–Crippen LogP) is 4.42. The Kier molecular flexibility index (Phi) is 5.36. The number of aromatic amines is 2. The molecule has 7 nitrogen and oxygen atoms in total. The molecule has 33 heavy (non-hydrogen) atoms. The molecule has 4 aromatic rings. The molecule has 0 saturated heterocycles. The highest BCUT2D eigenvalue weighted by Gasteiger charge is 2.29. The fourth-order valence-corrected chi connectivity index (χ4v) is 4.84. The topological polar surface area (TPSA) is 86.8 Å². The molecule has 0 spiro atoms. The Labute approximate surface area is 190 Å². The first-order valence-corrected chi connectivity index (χ1v) is 11.4. The van der Waals surface area contributed by atoms with Gasteiger partial charge >= 0.3 is 5.69 Å². The number of pyridine rings is 1. The lowest BCUT2D eigenvalue weighted by molar-refractivity contribution is 0.0964. The van der Waals surface area contributed by atoms with Crippen LogP contribution in [-0.2, 0) is 19.4 Å². The van der Waals surface area contributed by atoms with Gasteiger partial charge in [-0.3, -0.25) is 9.78 Å². The number of amides is 1. The number of aryl methyl sites for hydroxylation is 1. The predicted molar refractivity (Wildman–Crippen MR) is 126 cm³/mol. The summed E-state index contributed by atoms with van der Waals surface area (Å²) in [4.78, 5) is 36.4. The average molecular weight is 448 g/mol. The molecule has 0 atom stereocenters. The van der Waals surface area contributed by atoms with Crippen LogP contribution in [0.2, 0.25) is 0 Å². The molecule has 3 aromatic heterocycles. The summed E-state index contributed by atoms with van der Waals surface area (Å²) in [6.07, 6.45) is 5.49. The minimum absolute atomic E-state index is 0.118. The van der Waals surface area contributed by atoms with Crippen molar-refractivity contribution in [1.82, 2.24) is 19.5 Å². The number of imidazole rings is 1. The molecule has 0 fully saturated rings. The molecule has 0 saturated carbocycles. The summed E-state index contributed by atoms with van der Waals surface area (Å²) < 4.78 is 16.9. The number of rotatable bonds is 6. The van der Waals surface area contributed by atoms with Crippen molar-refractivity contribution in [2.45, 2.75) is 46.1 Å². The van der Waals surface area contributed by atoms with Crippen molar-refractivity contribution in [3.8, 4) is 11.1 Å². The maximum absolute atomic E-state index is 14.7. The number of fused-ring (bicyclic) bond motifs is 2. The zero-order valence-electron chi connectivity index (χ0n) is 18.7. The number of benzene rings is 1. The van der Waals surface area contributed by atoms with Crippen LogP contribution >= 0.6 is 0 Å². The molecule has 8 heteroatoms. The van der Waals surface area contributed by atoms with Gasteiger partial charge in [0.2, 0.25) is 0 Å². The Balaban J connectivity index is 1.56. The molecule has 0 aliphatic carbocycles. The molecule has 2 N–H and O–H groups in total. The van der Waals surface area contributed by atoms with Gasteiger partial charge in [-0.2, -0.15) is 0 Å². The SMILES string of the molecule is CCCc1cc2n(c1CCC)CCN(c1cc(F)cc(-c3ccnc4[nH]c(=O)[nH]c34)c1)C2=O. The third-order valence-electron chi connectivity index (χ3n) is 6.24. The quantitative estimate of drug-likeness (QED) is 0.459. The lowest BCUT2D eigenvalue weighted by Crippen LogP contribution is -2.40. The second-order valence-electron chi connectivity index (χ2n) is 8.47. The molecule has 0 unspecified atom stereocenters. The van der Waals surface area contributed by atoms with Crippen LogP contribution in [0, 0.1) is 5.82 Å². The summed E-state index contributed by atoms with van der Waals surface area (Å²) in [5.41, 5.74) is 5.40. The van der Waals surface area contributed by atoms with E-state index >= 15 is 0 Å². The first kappa shape index (κ1) is 21.2. The van der Waals surface area contributed by atoms with Gasteiger partial charge < -0.3 is 14.5 Å². The van der Waals surface area contributed by atoms with Crippen LogP contribution in [-0.4, -0.2) is 32.0 Å². The summed E-state index contributed by atoms with van der Waals surface area (Å²) in [5.74, 6) is -0.565. The number of aromatic nitrogens is 4. The van der Waals surface area contributed by atoms with Gasteiger partial charge in [-0.05, 0) is 54.3 Å². The Morgan fingerprint density at radius 1 is 1.03 bits per heavy atom. The summed E-state index contributed by atoms with van der Waals surface area (Å²) in [6, 6.07) is 8.32. The lowest BCUT2D eigenvalue weighted by atomic mass is 10.0. The van der Waals surface area contributed by atoms with Gasteiger partial charge in [-0.1, -0.05) is 26.7 Å². The number of nitrogens with one attached hydrogen (secondary N) is 2. The van der Waals surface area contributed by atoms with E-state index in [-0.39, 0.29) is 11.6 Å². The van der Waals surface area contributed by atoms with Gasteiger partial charge in [-0.25, -0.2) is 14.2 Å². The third kappa shape index (κ3) is 3.65. The van der Waals surface area contributed by atoms with E-state index < -0.39 is 5.82 Å².